The van der Waals surface area contributed by atoms with Gasteiger partial charge in [0.15, 0.2) is 0 Å². The Balaban J connectivity index is 1.79. The van der Waals surface area contributed by atoms with Crippen molar-refractivity contribution in [2.24, 2.45) is 11.8 Å². The van der Waals surface area contributed by atoms with Gasteiger partial charge in [0, 0.05) is 0 Å². The molecule has 2 aliphatic rings. The Labute approximate surface area is 126 Å². The predicted molar refractivity (Wildman–Crippen MR) is 72.0 cm³/mol. The monoisotopic (exact) mass is 311 g/mol. The summed E-state index contributed by atoms with van der Waals surface area (Å²) in [5, 5.41) is 18.9. The van der Waals surface area contributed by atoms with Gasteiger partial charge in [0.1, 0.15) is 11.9 Å². The SMILES string of the molecule is CC1(O)C[C@@H]2C[C@H]1CC2Oc1ccc(C#N)c(C(F)(F)F)c1. The second-order valence-corrected chi connectivity index (χ2v) is 6.46. The fourth-order valence-electron chi connectivity index (χ4n) is 3.75. The summed E-state index contributed by atoms with van der Waals surface area (Å²) < 4.78 is 44.5. The smallest absolute Gasteiger partial charge is 0.417 e. The van der Waals surface area contributed by atoms with E-state index in [-0.39, 0.29) is 23.7 Å². The largest absolute Gasteiger partial charge is 0.490 e. The summed E-state index contributed by atoms with van der Waals surface area (Å²) in [5.74, 6) is 0.441. The molecule has 0 spiro atoms. The molecule has 1 aromatic carbocycles. The number of hydrogen-bond acceptors (Lipinski definition) is 3. The van der Waals surface area contributed by atoms with E-state index < -0.39 is 22.9 Å². The van der Waals surface area contributed by atoms with Gasteiger partial charge in [-0.2, -0.15) is 18.4 Å². The van der Waals surface area contributed by atoms with Crippen LogP contribution in [0.15, 0.2) is 18.2 Å². The number of nitriles is 1. The number of alkyl halides is 3. The van der Waals surface area contributed by atoms with Gasteiger partial charge in [-0.15, -0.1) is 0 Å². The topological polar surface area (TPSA) is 53.2 Å². The molecule has 0 amide bonds. The summed E-state index contributed by atoms with van der Waals surface area (Å²) in [6.45, 7) is 1.80. The minimum atomic E-state index is -4.58. The van der Waals surface area contributed by atoms with Crippen LogP contribution in [0.3, 0.4) is 0 Å². The average molecular weight is 311 g/mol. The molecule has 1 N–H and O–H groups in total. The van der Waals surface area contributed by atoms with Crippen molar-refractivity contribution in [2.75, 3.05) is 0 Å². The molecule has 118 valence electrons. The molecule has 0 radical (unpaired) electrons. The standard InChI is InChI=1S/C16H16F3NO2/c1-15(21)7-10-4-11(15)5-14(10)22-12-3-2-9(8-20)13(6-12)16(17,18)19/h2-3,6,10-11,14,21H,4-5,7H2,1H3/t10-,11-,14?,15?/m0/s1. The first-order chi connectivity index (χ1) is 10.2. The first-order valence-electron chi connectivity index (χ1n) is 7.21. The van der Waals surface area contributed by atoms with E-state index in [9.17, 15) is 18.3 Å². The van der Waals surface area contributed by atoms with Crippen LogP contribution < -0.4 is 4.74 Å². The highest BCUT2D eigenvalue weighted by molar-refractivity contribution is 5.44. The molecule has 1 aromatic rings. The van der Waals surface area contributed by atoms with Crippen molar-refractivity contribution in [3.63, 3.8) is 0 Å². The van der Waals surface area contributed by atoms with E-state index in [1.165, 1.54) is 6.07 Å². The summed E-state index contributed by atoms with van der Waals surface area (Å²) in [5.41, 5.74) is -2.06. The predicted octanol–water partition coefficient (Wildman–Crippen LogP) is 3.51. The van der Waals surface area contributed by atoms with Crippen LogP contribution in [-0.2, 0) is 6.18 Å². The second-order valence-electron chi connectivity index (χ2n) is 6.46. The van der Waals surface area contributed by atoms with Crippen LogP contribution in [0, 0.1) is 23.2 Å². The zero-order valence-corrected chi connectivity index (χ0v) is 12.0. The van der Waals surface area contributed by atoms with Crippen molar-refractivity contribution >= 4 is 0 Å². The number of nitrogens with zero attached hydrogens (tertiary/aromatic N) is 1. The van der Waals surface area contributed by atoms with Crippen LogP contribution in [0.1, 0.15) is 37.3 Å². The third-order valence-electron chi connectivity index (χ3n) is 4.89. The molecule has 22 heavy (non-hydrogen) atoms. The number of halogens is 3. The van der Waals surface area contributed by atoms with E-state index in [0.29, 0.717) is 12.8 Å². The number of fused-ring (bicyclic) bond motifs is 2. The highest BCUT2D eigenvalue weighted by atomic mass is 19.4. The third kappa shape index (κ3) is 2.54. The molecule has 0 saturated heterocycles. The Bertz CT molecular complexity index is 633. The lowest BCUT2D eigenvalue weighted by Crippen LogP contribution is -2.37. The van der Waals surface area contributed by atoms with Crippen LogP contribution in [0.5, 0.6) is 5.75 Å². The molecule has 0 heterocycles. The molecular formula is C16H16F3NO2. The van der Waals surface area contributed by atoms with Gasteiger partial charge in [-0.3, -0.25) is 0 Å². The highest BCUT2D eigenvalue weighted by Crippen LogP contribution is 2.51. The average Bonchev–Trinajstić information content (AvgIpc) is 2.93. The first-order valence-corrected chi connectivity index (χ1v) is 7.21. The summed E-state index contributed by atoms with van der Waals surface area (Å²) in [6, 6.07) is 4.98. The Hall–Kier alpha value is -1.74. The van der Waals surface area contributed by atoms with E-state index >= 15 is 0 Å². The minimum Gasteiger partial charge on any atom is -0.490 e. The van der Waals surface area contributed by atoms with Crippen LogP contribution in [0.4, 0.5) is 13.2 Å². The molecule has 2 saturated carbocycles. The zero-order chi connectivity index (χ0) is 16.1. The van der Waals surface area contributed by atoms with E-state index in [0.717, 1.165) is 18.6 Å². The Kier molecular flexibility index (Phi) is 3.37. The Morgan fingerprint density at radius 1 is 1.36 bits per heavy atom. The van der Waals surface area contributed by atoms with Gasteiger partial charge < -0.3 is 9.84 Å². The minimum absolute atomic E-state index is 0.128. The molecule has 6 heteroatoms. The van der Waals surface area contributed by atoms with E-state index in [1.807, 2.05) is 0 Å². The number of benzene rings is 1. The molecule has 2 unspecified atom stereocenters. The summed E-state index contributed by atoms with van der Waals surface area (Å²) in [7, 11) is 0. The summed E-state index contributed by atoms with van der Waals surface area (Å²) in [4.78, 5) is 0. The zero-order valence-electron chi connectivity index (χ0n) is 12.0. The van der Waals surface area contributed by atoms with Crippen LogP contribution in [-0.4, -0.2) is 16.8 Å². The first kappa shape index (κ1) is 15.2. The molecule has 0 aromatic heterocycles. The lowest BCUT2D eigenvalue weighted by molar-refractivity contribution is -0.137. The Morgan fingerprint density at radius 2 is 2.09 bits per heavy atom. The molecule has 3 rings (SSSR count). The Morgan fingerprint density at radius 3 is 2.59 bits per heavy atom. The van der Waals surface area contributed by atoms with Gasteiger partial charge in [-0.05, 0) is 56.2 Å². The van der Waals surface area contributed by atoms with Gasteiger partial charge in [0.2, 0.25) is 0 Å². The van der Waals surface area contributed by atoms with Crippen molar-refractivity contribution in [3.05, 3.63) is 29.3 Å². The molecule has 2 bridgehead atoms. The van der Waals surface area contributed by atoms with Crippen molar-refractivity contribution in [2.45, 2.75) is 44.1 Å². The van der Waals surface area contributed by atoms with Crippen molar-refractivity contribution < 1.29 is 23.0 Å². The second kappa shape index (κ2) is 4.88. The third-order valence-corrected chi connectivity index (χ3v) is 4.89. The van der Waals surface area contributed by atoms with Crippen LogP contribution in [0.25, 0.3) is 0 Å². The maximum Gasteiger partial charge on any atom is 0.417 e. The number of ether oxygens (including phenoxy) is 1. The van der Waals surface area contributed by atoms with E-state index in [4.69, 9.17) is 10.00 Å². The van der Waals surface area contributed by atoms with Crippen LogP contribution >= 0.6 is 0 Å². The summed E-state index contributed by atoms with van der Waals surface area (Å²) >= 11 is 0. The number of hydrogen-bond donors (Lipinski definition) is 1. The van der Waals surface area contributed by atoms with Gasteiger partial charge in [-0.25, -0.2) is 0 Å². The van der Waals surface area contributed by atoms with Gasteiger partial charge >= 0.3 is 6.18 Å². The van der Waals surface area contributed by atoms with Crippen LogP contribution in [0.2, 0.25) is 0 Å². The maximum absolute atomic E-state index is 12.9. The van der Waals surface area contributed by atoms with Crippen molar-refractivity contribution in [1.82, 2.24) is 0 Å². The molecular weight excluding hydrogens is 295 g/mol. The molecule has 2 fully saturated rings. The molecule has 3 nitrogen and oxygen atoms in total. The van der Waals surface area contributed by atoms with E-state index in [2.05, 4.69) is 0 Å². The number of rotatable bonds is 2. The normalized spacial score (nSPS) is 33.7. The fourth-order valence-corrected chi connectivity index (χ4v) is 3.75. The number of aliphatic hydroxyl groups is 1. The lowest BCUT2D eigenvalue weighted by Gasteiger charge is -2.32. The summed E-state index contributed by atoms with van der Waals surface area (Å²) in [6.07, 6.45) is -2.63. The van der Waals surface area contributed by atoms with Gasteiger partial charge in [-0.1, -0.05) is 0 Å². The lowest BCUT2D eigenvalue weighted by atomic mass is 9.84. The quantitative estimate of drug-likeness (QED) is 0.909. The van der Waals surface area contributed by atoms with Crippen molar-refractivity contribution in [1.29, 1.82) is 5.26 Å². The maximum atomic E-state index is 12.9. The molecule has 4 atom stereocenters. The van der Waals surface area contributed by atoms with Crippen molar-refractivity contribution in [3.8, 4) is 11.8 Å². The van der Waals surface area contributed by atoms with Gasteiger partial charge in [0.05, 0.1) is 22.8 Å². The van der Waals surface area contributed by atoms with E-state index in [1.54, 1.807) is 13.0 Å². The fraction of sp³-hybridized carbons (Fsp3) is 0.562. The highest BCUT2D eigenvalue weighted by Gasteiger charge is 2.52. The molecule has 0 aliphatic heterocycles. The van der Waals surface area contributed by atoms with Gasteiger partial charge in [0.25, 0.3) is 0 Å². The molecule has 2 aliphatic carbocycles.